The molecular formula is C5H4N4O2. The molecule has 0 saturated heterocycles. The minimum atomic E-state index is -0.547. The third kappa shape index (κ3) is 0.759. The molecule has 2 aromatic heterocycles. The van der Waals surface area contributed by atoms with E-state index in [1.165, 1.54) is 6.33 Å². The van der Waals surface area contributed by atoms with Crippen LogP contribution in [-0.2, 0) is 0 Å². The van der Waals surface area contributed by atoms with Crippen LogP contribution in [0.1, 0.15) is 0 Å². The molecule has 0 bridgehead atoms. The van der Waals surface area contributed by atoms with Gasteiger partial charge in [-0.1, -0.05) is 0 Å². The molecule has 0 amide bonds. The number of fused-ring (bicyclic) bond motifs is 1. The van der Waals surface area contributed by atoms with Crippen molar-refractivity contribution in [1.82, 2.24) is 19.9 Å². The Morgan fingerprint density at radius 3 is 2.91 bits per heavy atom. The largest absolute Gasteiger partial charge is 0.339 e. The number of hydrogen-bond donors (Lipinski definition) is 3. The van der Waals surface area contributed by atoms with Crippen LogP contribution < -0.4 is 11.2 Å². The van der Waals surface area contributed by atoms with E-state index < -0.39 is 11.2 Å². The van der Waals surface area contributed by atoms with E-state index >= 15 is 0 Å². The first-order chi connectivity index (χ1) is 5.27. The zero-order valence-corrected chi connectivity index (χ0v) is 5.34. The van der Waals surface area contributed by atoms with Gasteiger partial charge in [-0.15, -0.1) is 0 Å². The minimum Gasteiger partial charge on any atom is -0.339 e. The fourth-order valence-corrected chi connectivity index (χ4v) is 0.867. The summed E-state index contributed by atoms with van der Waals surface area (Å²) in [6, 6.07) is 0. The van der Waals surface area contributed by atoms with Crippen LogP contribution in [0.3, 0.4) is 0 Å². The van der Waals surface area contributed by atoms with E-state index in [2.05, 4.69) is 19.9 Å². The zero-order valence-electron chi connectivity index (χ0n) is 5.34. The van der Waals surface area contributed by atoms with E-state index in [1.807, 2.05) is 0 Å². The molecule has 11 heavy (non-hydrogen) atoms. The Labute approximate surface area is 59.3 Å². The highest BCUT2D eigenvalue weighted by atomic mass is 16.2. The first-order valence-electron chi connectivity index (χ1n) is 2.93. The summed E-state index contributed by atoms with van der Waals surface area (Å²) >= 11 is 0. The van der Waals surface area contributed by atoms with Crippen molar-refractivity contribution in [2.24, 2.45) is 0 Å². The third-order valence-electron chi connectivity index (χ3n) is 1.33. The van der Waals surface area contributed by atoms with E-state index in [0.717, 1.165) is 0 Å². The van der Waals surface area contributed by atoms with Crippen molar-refractivity contribution in [3.8, 4) is 0 Å². The Morgan fingerprint density at radius 2 is 2.09 bits per heavy atom. The molecule has 0 aliphatic carbocycles. The topological polar surface area (TPSA) is 94.4 Å². The Hall–Kier alpha value is -1.85. The van der Waals surface area contributed by atoms with Gasteiger partial charge in [0.25, 0.3) is 5.56 Å². The monoisotopic (exact) mass is 154 g/mol. The molecule has 0 radical (unpaired) electrons. The van der Waals surface area contributed by atoms with Gasteiger partial charge < -0.3 is 4.98 Å². The molecule has 0 fully saturated rings. The van der Waals surface area contributed by atoms with E-state index in [4.69, 9.17) is 0 Å². The normalized spacial score (nSPS) is 10.5. The second-order valence-electron chi connectivity index (χ2n) is 2.03. The molecule has 3 N–H and O–H groups in total. The summed E-state index contributed by atoms with van der Waals surface area (Å²) in [7, 11) is 0. The highest BCUT2D eigenvalue weighted by Gasteiger charge is 1.99. The smallest absolute Gasteiger partial charge is 0.327 e. The van der Waals surface area contributed by atoms with Gasteiger partial charge in [-0.3, -0.25) is 14.8 Å². The van der Waals surface area contributed by atoms with Gasteiger partial charge in [0.2, 0.25) is 0 Å². The quantitative estimate of drug-likeness (QED) is 0.451. The number of nitrogens with one attached hydrogen (secondary N) is 3. The molecule has 0 aliphatic rings. The van der Waals surface area contributed by atoms with Crippen LogP contribution in [0.5, 0.6) is 0 Å². The van der Waals surface area contributed by atoms with Gasteiger partial charge >= 0.3 is 5.69 Å². The van der Waals surface area contributed by atoms with Gasteiger partial charge in [0.15, 0.2) is 5.65 Å². The summed E-state index contributed by atoms with van der Waals surface area (Å²) in [6.07, 6.45) is 1.34. The number of nitrogens with zero attached hydrogens (tertiary/aromatic N) is 1. The van der Waals surface area contributed by atoms with Crippen LogP contribution in [-0.4, -0.2) is 19.9 Å². The maximum atomic E-state index is 10.9. The fourth-order valence-electron chi connectivity index (χ4n) is 0.867. The van der Waals surface area contributed by atoms with E-state index in [9.17, 15) is 9.59 Å². The Morgan fingerprint density at radius 1 is 1.27 bits per heavy atom. The van der Waals surface area contributed by atoms with Crippen LogP contribution in [0.2, 0.25) is 0 Å². The molecule has 2 heterocycles. The standard InChI is InChI=1S/C5H4N4O2/c10-4-2-3(7-1-6-2)8-5(11)9-4/h1H,(H3,6,7,8,9,10,11)/i8+1,9+1. The third-order valence-corrected chi connectivity index (χ3v) is 1.33. The van der Waals surface area contributed by atoms with Crippen molar-refractivity contribution in [1.29, 1.82) is 0 Å². The SMILES string of the molecule is O=c1[15nH]c(=O)c2[nH]cnc2[15nH]1. The summed E-state index contributed by atoms with van der Waals surface area (Å²) in [5.41, 5.74) is -0.445. The molecule has 6 nitrogen and oxygen atoms in total. The van der Waals surface area contributed by atoms with Crippen LogP contribution in [0.25, 0.3) is 11.2 Å². The molecule has 2 aromatic rings. The van der Waals surface area contributed by atoms with Crippen molar-refractivity contribution in [3.63, 3.8) is 0 Å². The summed E-state index contributed by atoms with van der Waals surface area (Å²) in [5, 5.41) is 0. The highest BCUT2D eigenvalue weighted by Crippen LogP contribution is 1.92. The molecule has 56 valence electrons. The van der Waals surface area contributed by atoms with E-state index in [-0.39, 0.29) is 11.2 Å². The lowest BCUT2D eigenvalue weighted by molar-refractivity contribution is 1.07. The summed E-state index contributed by atoms with van der Waals surface area (Å²) < 4.78 is 0. The molecular weight excluding hydrogens is 150 g/mol. The Bertz CT molecular complexity index is 491. The second kappa shape index (κ2) is 1.82. The fraction of sp³-hybridized carbons (Fsp3) is 0. The molecule has 0 aliphatic heterocycles. The molecule has 0 unspecified atom stereocenters. The number of aromatic amines is 3. The average molecular weight is 154 g/mol. The van der Waals surface area contributed by atoms with Crippen molar-refractivity contribution in [2.45, 2.75) is 0 Å². The predicted molar refractivity (Wildman–Crippen MR) is 37.3 cm³/mol. The van der Waals surface area contributed by atoms with Crippen LogP contribution in [0.4, 0.5) is 0 Å². The lowest BCUT2D eigenvalue weighted by Crippen LogP contribution is -2.21. The van der Waals surface area contributed by atoms with Crippen molar-refractivity contribution >= 4 is 11.2 Å². The van der Waals surface area contributed by atoms with Crippen LogP contribution in [0, 0.1) is 0 Å². The first-order valence-corrected chi connectivity index (χ1v) is 2.93. The first kappa shape index (κ1) is 5.90. The highest BCUT2D eigenvalue weighted by molar-refractivity contribution is 5.67. The van der Waals surface area contributed by atoms with Gasteiger partial charge in [-0.05, 0) is 0 Å². The molecule has 0 aromatic carbocycles. The van der Waals surface area contributed by atoms with E-state index in [0.29, 0.717) is 0 Å². The van der Waals surface area contributed by atoms with Gasteiger partial charge in [-0.25, -0.2) is 9.78 Å². The molecule has 0 atom stereocenters. The van der Waals surface area contributed by atoms with Gasteiger partial charge in [-0.2, -0.15) is 0 Å². The maximum absolute atomic E-state index is 10.9. The average Bonchev–Trinajstić information content (AvgIpc) is 2.34. The lowest BCUT2D eigenvalue weighted by atomic mass is 10.6. The predicted octanol–water partition coefficient (Wildman–Crippen LogP) is -1.06. The molecule has 6 heteroatoms. The van der Waals surface area contributed by atoms with Gasteiger partial charge in [0, 0.05) is 0 Å². The zero-order chi connectivity index (χ0) is 7.84. The number of imidazole rings is 1. The molecule has 0 spiro atoms. The lowest BCUT2D eigenvalue weighted by Gasteiger charge is -1.83. The summed E-state index contributed by atoms with van der Waals surface area (Å²) in [5.74, 6) is 0. The second-order valence-corrected chi connectivity index (χ2v) is 2.03. The molecule has 0 saturated carbocycles. The Kier molecular flexibility index (Phi) is 0.974. The molecule has 2 rings (SSSR count). The van der Waals surface area contributed by atoms with Crippen molar-refractivity contribution < 1.29 is 0 Å². The van der Waals surface area contributed by atoms with Gasteiger partial charge in [0.05, 0.1) is 6.33 Å². The van der Waals surface area contributed by atoms with Crippen LogP contribution in [0.15, 0.2) is 15.9 Å². The van der Waals surface area contributed by atoms with Gasteiger partial charge in [0.1, 0.15) is 5.52 Å². The number of aromatic nitrogens is 4. The van der Waals surface area contributed by atoms with Crippen LogP contribution >= 0.6 is 0 Å². The van der Waals surface area contributed by atoms with E-state index in [1.54, 1.807) is 0 Å². The van der Waals surface area contributed by atoms with Crippen molar-refractivity contribution in [3.05, 3.63) is 27.2 Å². The number of H-pyrrole nitrogens is 3. The minimum absolute atomic E-state index is 0.277. The van der Waals surface area contributed by atoms with Crippen molar-refractivity contribution in [2.75, 3.05) is 0 Å². The maximum Gasteiger partial charge on any atom is 0.327 e. The summed E-state index contributed by atoms with van der Waals surface area (Å²) in [4.78, 5) is 32.3. The summed E-state index contributed by atoms with van der Waals surface area (Å²) in [6.45, 7) is 0. The number of hydrogen-bond acceptors (Lipinski definition) is 3. The Balaban J connectivity index is 3.15. The number of rotatable bonds is 0.